The van der Waals surface area contributed by atoms with Gasteiger partial charge in [0.25, 0.3) is 0 Å². The number of rotatable bonds is 3. The molecule has 1 atom stereocenters. The van der Waals surface area contributed by atoms with Crippen molar-refractivity contribution in [2.24, 2.45) is 10.7 Å². The number of carbonyl (C=O) groups is 1. The highest BCUT2D eigenvalue weighted by Gasteiger charge is 2.29. The zero-order valence-electron chi connectivity index (χ0n) is 17.8. The van der Waals surface area contributed by atoms with Gasteiger partial charge >= 0.3 is 6.09 Å². The first kappa shape index (κ1) is 21.2. The van der Waals surface area contributed by atoms with Crippen molar-refractivity contribution in [3.63, 3.8) is 0 Å². The third kappa shape index (κ3) is 5.53. The van der Waals surface area contributed by atoms with Crippen molar-refractivity contribution in [1.29, 1.82) is 0 Å². The minimum absolute atomic E-state index is 0.178. The molecule has 8 heteroatoms. The minimum Gasteiger partial charge on any atom is -0.444 e. The van der Waals surface area contributed by atoms with Crippen LogP contribution >= 0.6 is 0 Å². The van der Waals surface area contributed by atoms with Crippen LogP contribution in [0.5, 0.6) is 0 Å². The van der Waals surface area contributed by atoms with Crippen LogP contribution < -0.4 is 5.73 Å². The smallest absolute Gasteiger partial charge is 0.410 e. The van der Waals surface area contributed by atoms with Gasteiger partial charge in [-0.1, -0.05) is 0 Å². The highest BCUT2D eigenvalue weighted by Crippen LogP contribution is 2.24. The highest BCUT2D eigenvalue weighted by atomic mass is 16.6. The molecule has 3 heterocycles. The van der Waals surface area contributed by atoms with E-state index in [2.05, 4.69) is 9.97 Å². The normalized spacial score (nSPS) is 20.6. The van der Waals surface area contributed by atoms with Crippen molar-refractivity contribution in [2.75, 3.05) is 13.2 Å². The number of aromatic nitrogens is 2. The Morgan fingerprint density at radius 2 is 2.14 bits per heavy atom. The maximum atomic E-state index is 12.5. The van der Waals surface area contributed by atoms with Gasteiger partial charge in [-0.25, -0.2) is 14.8 Å². The van der Waals surface area contributed by atoms with Crippen molar-refractivity contribution in [3.05, 3.63) is 35.1 Å². The van der Waals surface area contributed by atoms with Crippen molar-refractivity contribution >= 4 is 11.8 Å². The fraction of sp³-hybridized carbons (Fsp3) is 0.619. The second-order valence-electron chi connectivity index (χ2n) is 8.39. The minimum atomic E-state index is -0.532. The molecule has 0 bridgehead atoms. The Bertz CT molecular complexity index is 807. The van der Waals surface area contributed by atoms with Crippen LogP contribution in [0.2, 0.25) is 0 Å². The van der Waals surface area contributed by atoms with Crippen molar-refractivity contribution in [1.82, 2.24) is 14.9 Å². The third-order valence-electron chi connectivity index (χ3n) is 4.76. The molecule has 158 valence electrons. The Balaban J connectivity index is 1.90. The van der Waals surface area contributed by atoms with Gasteiger partial charge in [-0.15, -0.1) is 0 Å². The molecule has 1 amide bonds. The monoisotopic (exact) mass is 401 g/mol. The van der Waals surface area contributed by atoms with E-state index in [0.717, 1.165) is 42.8 Å². The Morgan fingerprint density at radius 1 is 1.34 bits per heavy atom. The molecule has 0 aromatic carbocycles. The number of nitrogens with two attached hydrogens (primary N) is 1. The fourth-order valence-corrected chi connectivity index (χ4v) is 3.50. The predicted molar refractivity (Wildman–Crippen MR) is 111 cm³/mol. The molecule has 0 spiro atoms. The lowest BCUT2D eigenvalue weighted by Gasteiger charge is -2.31. The van der Waals surface area contributed by atoms with Gasteiger partial charge in [-0.2, -0.15) is 0 Å². The lowest BCUT2D eigenvalue weighted by Crippen LogP contribution is -2.41. The van der Waals surface area contributed by atoms with E-state index < -0.39 is 5.60 Å². The summed E-state index contributed by atoms with van der Waals surface area (Å²) >= 11 is 0. The molecule has 0 saturated carbocycles. The summed E-state index contributed by atoms with van der Waals surface area (Å²) in [5.41, 5.74) is 8.46. The molecule has 29 heavy (non-hydrogen) atoms. The van der Waals surface area contributed by atoms with Crippen LogP contribution in [0.25, 0.3) is 0 Å². The van der Waals surface area contributed by atoms with E-state index in [1.165, 1.54) is 6.20 Å². The zero-order chi connectivity index (χ0) is 21.0. The van der Waals surface area contributed by atoms with Crippen LogP contribution in [0.3, 0.4) is 0 Å². The molecule has 0 aliphatic carbocycles. The van der Waals surface area contributed by atoms with Crippen LogP contribution in [0.15, 0.2) is 17.3 Å². The predicted octanol–water partition coefficient (Wildman–Crippen LogP) is 2.87. The van der Waals surface area contributed by atoms with Gasteiger partial charge in [0.1, 0.15) is 17.7 Å². The Hall–Kier alpha value is -2.48. The summed E-state index contributed by atoms with van der Waals surface area (Å²) in [6.45, 7) is 9.09. The molecule has 1 saturated heterocycles. The van der Waals surface area contributed by atoms with Gasteiger partial charge in [0.15, 0.2) is 0 Å². The van der Waals surface area contributed by atoms with Crippen molar-refractivity contribution in [3.8, 4) is 0 Å². The second kappa shape index (κ2) is 8.90. The number of aryl methyl sites for hydroxylation is 1. The van der Waals surface area contributed by atoms with E-state index in [4.69, 9.17) is 20.2 Å². The van der Waals surface area contributed by atoms with Crippen LogP contribution in [0.4, 0.5) is 4.79 Å². The van der Waals surface area contributed by atoms with E-state index in [1.807, 2.05) is 27.7 Å². The summed E-state index contributed by atoms with van der Waals surface area (Å²) in [5.74, 6) is 0.632. The standard InChI is InChI=1S/C21H31N5O3/c1-14-23-17-13-26(20(27)29-21(2,3)4)11-9-15(17)19(24-14)16(8-10-22)25-18-7-5-6-12-28-18/h8,10,18H,5-7,9,11-13,22H2,1-4H3. The first-order chi connectivity index (χ1) is 13.8. The summed E-state index contributed by atoms with van der Waals surface area (Å²) in [7, 11) is 0. The maximum Gasteiger partial charge on any atom is 0.410 e. The van der Waals surface area contributed by atoms with Crippen LogP contribution in [-0.2, 0) is 22.4 Å². The number of carbonyl (C=O) groups excluding carboxylic acids is 1. The average Bonchev–Trinajstić information content (AvgIpc) is 2.66. The van der Waals surface area contributed by atoms with Crippen LogP contribution in [-0.4, -0.2) is 51.7 Å². The molecule has 0 radical (unpaired) electrons. The number of fused-ring (bicyclic) bond motifs is 1. The van der Waals surface area contributed by atoms with Crippen molar-refractivity contribution in [2.45, 2.75) is 71.8 Å². The number of hydrogen-bond acceptors (Lipinski definition) is 7. The summed E-state index contributed by atoms with van der Waals surface area (Å²) in [4.78, 5) is 28.2. The fourth-order valence-electron chi connectivity index (χ4n) is 3.50. The second-order valence-corrected chi connectivity index (χ2v) is 8.39. The average molecular weight is 402 g/mol. The van der Waals surface area contributed by atoms with Gasteiger partial charge in [-0.3, -0.25) is 4.99 Å². The molecule has 2 aliphatic heterocycles. The molecule has 2 N–H and O–H groups in total. The largest absolute Gasteiger partial charge is 0.444 e. The van der Waals surface area contributed by atoms with E-state index in [1.54, 1.807) is 11.0 Å². The van der Waals surface area contributed by atoms with E-state index >= 15 is 0 Å². The Kier molecular flexibility index (Phi) is 6.52. The molecular formula is C21H31N5O3. The van der Waals surface area contributed by atoms with Gasteiger partial charge < -0.3 is 20.1 Å². The summed E-state index contributed by atoms with van der Waals surface area (Å²) in [5, 5.41) is 0. The number of amides is 1. The molecule has 1 aromatic heterocycles. The van der Waals surface area contributed by atoms with Gasteiger partial charge in [0, 0.05) is 18.7 Å². The van der Waals surface area contributed by atoms with Crippen LogP contribution in [0, 0.1) is 6.92 Å². The molecule has 3 rings (SSSR count). The van der Waals surface area contributed by atoms with E-state index in [0.29, 0.717) is 31.0 Å². The lowest BCUT2D eigenvalue weighted by molar-refractivity contribution is 0.0220. The zero-order valence-corrected chi connectivity index (χ0v) is 17.8. The molecule has 1 fully saturated rings. The van der Waals surface area contributed by atoms with Crippen LogP contribution in [0.1, 0.15) is 62.8 Å². The first-order valence-corrected chi connectivity index (χ1v) is 10.2. The molecule has 2 aliphatic rings. The first-order valence-electron chi connectivity index (χ1n) is 10.2. The summed E-state index contributed by atoms with van der Waals surface area (Å²) in [6, 6.07) is 0. The van der Waals surface area contributed by atoms with E-state index in [-0.39, 0.29) is 12.3 Å². The lowest BCUT2D eigenvalue weighted by atomic mass is 10.00. The molecule has 1 unspecified atom stereocenters. The summed E-state index contributed by atoms with van der Waals surface area (Å²) in [6.07, 6.45) is 6.42. The highest BCUT2D eigenvalue weighted by molar-refractivity contribution is 6.08. The van der Waals surface area contributed by atoms with Gasteiger partial charge in [0.05, 0.1) is 23.6 Å². The van der Waals surface area contributed by atoms with Gasteiger partial charge in [-0.05, 0) is 65.7 Å². The summed E-state index contributed by atoms with van der Waals surface area (Å²) < 4.78 is 11.3. The Labute approximate surface area is 172 Å². The van der Waals surface area contributed by atoms with E-state index in [9.17, 15) is 4.79 Å². The number of hydrogen-bond donors (Lipinski definition) is 1. The SMILES string of the molecule is Cc1nc2c(c(C(C=CN)=NC3CCCCO3)n1)CCN(C(=O)OC(C)(C)C)C2. The molecule has 1 aromatic rings. The molecular weight excluding hydrogens is 370 g/mol. The van der Waals surface area contributed by atoms with Crippen molar-refractivity contribution < 1.29 is 14.3 Å². The number of aliphatic imine (C=N–C) groups is 1. The number of ether oxygens (including phenoxy) is 2. The third-order valence-corrected chi connectivity index (χ3v) is 4.76. The molecule has 8 nitrogen and oxygen atoms in total. The number of allylic oxidation sites excluding steroid dienone is 1. The van der Waals surface area contributed by atoms with Gasteiger partial charge in [0.2, 0.25) is 0 Å². The maximum absolute atomic E-state index is 12.5. The quantitative estimate of drug-likeness (QED) is 0.781. The number of nitrogens with zero attached hydrogens (tertiary/aromatic N) is 4. The topological polar surface area (TPSA) is 103 Å². The Morgan fingerprint density at radius 3 is 2.79 bits per heavy atom.